The van der Waals surface area contributed by atoms with Crippen LogP contribution in [0.15, 0.2) is 18.2 Å². The number of benzene rings is 1. The molecule has 0 aliphatic rings. The topological polar surface area (TPSA) is 12.0 Å². The molecule has 0 spiro atoms. The van der Waals surface area contributed by atoms with Crippen molar-refractivity contribution >= 4 is 17.3 Å². The average molecular weight is 212 g/mol. The molecule has 0 unspecified atom stereocenters. The molecule has 0 bridgehead atoms. The summed E-state index contributed by atoms with van der Waals surface area (Å²) in [6.07, 6.45) is 2.28. The summed E-state index contributed by atoms with van der Waals surface area (Å²) in [5.74, 6) is 0. The fraction of sp³-hybridized carbons (Fsp3) is 0.500. The molecule has 0 amide bonds. The Morgan fingerprint density at radius 1 is 1.29 bits per heavy atom. The fourth-order valence-electron chi connectivity index (χ4n) is 1.41. The molecule has 0 aliphatic heterocycles. The van der Waals surface area contributed by atoms with Gasteiger partial charge in [0.1, 0.15) is 0 Å². The Morgan fingerprint density at radius 3 is 2.43 bits per heavy atom. The molecule has 1 aromatic rings. The highest BCUT2D eigenvalue weighted by atomic mass is 35.5. The summed E-state index contributed by atoms with van der Waals surface area (Å²) in [4.78, 5) is 0. The van der Waals surface area contributed by atoms with Gasteiger partial charge < -0.3 is 5.32 Å². The second kappa shape index (κ2) is 5.26. The van der Waals surface area contributed by atoms with E-state index in [1.807, 2.05) is 19.1 Å². The molecule has 78 valence electrons. The first kappa shape index (κ1) is 11.4. The summed E-state index contributed by atoms with van der Waals surface area (Å²) in [7, 11) is 0. The van der Waals surface area contributed by atoms with Crippen molar-refractivity contribution in [1.29, 1.82) is 0 Å². The minimum absolute atomic E-state index is 0.550. The number of anilines is 1. The molecule has 14 heavy (non-hydrogen) atoms. The molecule has 0 atom stereocenters. The lowest BCUT2D eigenvalue weighted by Crippen LogP contribution is -2.16. The van der Waals surface area contributed by atoms with Crippen LogP contribution in [0.2, 0.25) is 5.02 Å². The second-order valence-electron chi connectivity index (χ2n) is 3.62. The molecule has 1 N–H and O–H groups in total. The smallest absolute Gasteiger partial charge is 0.0455 e. The molecule has 1 rings (SSSR count). The van der Waals surface area contributed by atoms with Crippen molar-refractivity contribution in [2.24, 2.45) is 0 Å². The van der Waals surface area contributed by atoms with Crippen molar-refractivity contribution in [3.63, 3.8) is 0 Å². The second-order valence-corrected chi connectivity index (χ2v) is 4.03. The van der Waals surface area contributed by atoms with Crippen LogP contribution >= 0.6 is 11.6 Å². The fourth-order valence-corrected chi connectivity index (χ4v) is 1.59. The standard InChI is InChI=1S/C12H18ClN/c1-4-10(5-2)14-11-7-6-9(3)12(13)8-11/h6-8,10,14H,4-5H2,1-3H3. The molecule has 0 saturated carbocycles. The van der Waals surface area contributed by atoms with Crippen LogP contribution in [0.1, 0.15) is 32.3 Å². The number of halogens is 1. The van der Waals surface area contributed by atoms with E-state index >= 15 is 0 Å². The normalized spacial score (nSPS) is 10.6. The molecule has 0 radical (unpaired) electrons. The summed E-state index contributed by atoms with van der Waals surface area (Å²) in [5.41, 5.74) is 2.25. The molecule has 0 aromatic heterocycles. The predicted octanol–water partition coefficient (Wildman–Crippen LogP) is 4.25. The third-order valence-corrected chi connectivity index (χ3v) is 2.94. The summed E-state index contributed by atoms with van der Waals surface area (Å²) in [6.45, 7) is 6.40. The number of rotatable bonds is 4. The third kappa shape index (κ3) is 2.91. The van der Waals surface area contributed by atoms with Gasteiger partial charge in [0.25, 0.3) is 0 Å². The van der Waals surface area contributed by atoms with Crippen molar-refractivity contribution in [2.45, 2.75) is 39.7 Å². The van der Waals surface area contributed by atoms with Gasteiger partial charge >= 0.3 is 0 Å². The van der Waals surface area contributed by atoms with Gasteiger partial charge in [-0.25, -0.2) is 0 Å². The maximum absolute atomic E-state index is 6.04. The molecular weight excluding hydrogens is 194 g/mol. The van der Waals surface area contributed by atoms with Gasteiger partial charge in [-0.2, -0.15) is 0 Å². The first-order chi connectivity index (χ1) is 6.67. The van der Waals surface area contributed by atoms with Gasteiger partial charge in [-0.1, -0.05) is 31.5 Å². The lowest BCUT2D eigenvalue weighted by atomic mass is 10.1. The number of hydrogen-bond donors (Lipinski definition) is 1. The zero-order chi connectivity index (χ0) is 10.6. The quantitative estimate of drug-likeness (QED) is 0.785. The van der Waals surface area contributed by atoms with Gasteiger partial charge in [-0.3, -0.25) is 0 Å². The zero-order valence-corrected chi connectivity index (χ0v) is 9.86. The largest absolute Gasteiger partial charge is 0.382 e. The lowest BCUT2D eigenvalue weighted by Gasteiger charge is -2.16. The highest BCUT2D eigenvalue weighted by Gasteiger charge is 2.03. The van der Waals surface area contributed by atoms with E-state index in [1.165, 1.54) is 0 Å². The van der Waals surface area contributed by atoms with E-state index in [0.717, 1.165) is 29.1 Å². The van der Waals surface area contributed by atoms with E-state index in [0.29, 0.717) is 6.04 Å². The maximum Gasteiger partial charge on any atom is 0.0455 e. The molecule has 1 aromatic carbocycles. The van der Waals surface area contributed by atoms with E-state index in [4.69, 9.17) is 11.6 Å². The molecule has 0 saturated heterocycles. The Hall–Kier alpha value is -0.690. The lowest BCUT2D eigenvalue weighted by molar-refractivity contribution is 0.672. The monoisotopic (exact) mass is 211 g/mol. The molecular formula is C12H18ClN. The van der Waals surface area contributed by atoms with E-state index in [-0.39, 0.29) is 0 Å². The highest BCUT2D eigenvalue weighted by molar-refractivity contribution is 6.31. The van der Waals surface area contributed by atoms with Crippen LogP contribution in [-0.2, 0) is 0 Å². The average Bonchev–Trinajstić information content (AvgIpc) is 2.19. The Labute approximate surface area is 91.5 Å². The summed E-state index contributed by atoms with van der Waals surface area (Å²) in [5, 5.41) is 4.30. The van der Waals surface area contributed by atoms with Crippen LogP contribution in [0.5, 0.6) is 0 Å². The Kier molecular flexibility index (Phi) is 4.27. The van der Waals surface area contributed by atoms with Crippen LogP contribution in [-0.4, -0.2) is 6.04 Å². The highest BCUT2D eigenvalue weighted by Crippen LogP contribution is 2.21. The van der Waals surface area contributed by atoms with Crippen LogP contribution in [0.25, 0.3) is 0 Å². The zero-order valence-electron chi connectivity index (χ0n) is 9.10. The minimum atomic E-state index is 0.550. The van der Waals surface area contributed by atoms with Crippen molar-refractivity contribution < 1.29 is 0 Å². The van der Waals surface area contributed by atoms with Gasteiger partial charge in [-0.05, 0) is 37.5 Å². The van der Waals surface area contributed by atoms with Crippen LogP contribution < -0.4 is 5.32 Å². The number of hydrogen-bond acceptors (Lipinski definition) is 1. The Balaban J connectivity index is 2.72. The van der Waals surface area contributed by atoms with Gasteiger partial charge in [0.05, 0.1) is 0 Å². The summed E-state index contributed by atoms with van der Waals surface area (Å²) < 4.78 is 0. The van der Waals surface area contributed by atoms with Crippen LogP contribution in [0.3, 0.4) is 0 Å². The van der Waals surface area contributed by atoms with Gasteiger partial charge in [0.2, 0.25) is 0 Å². The van der Waals surface area contributed by atoms with Crippen LogP contribution in [0.4, 0.5) is 5.69 Å². The third-order valence-electron chi connectivity index (χ3n) is 2.53. The molecule has 2 heteroatoms. The number of nitrogens with one attached hydrogen (secondary N) is 1. The van der Waals surface area contributed by atoms with Gasteiger partial charge in [0, 0.05) is 16.8 Å². The van der Waals surface area contributed by atoms with Crippen molar-refractivity contribution in [3.05, 3.63) is 28.8 Å². The van der Waals surface area contributed by atoms with E-state index in [9.17, 15) is 0 Å². The first-order valence-corrected chi connectivity index (χ1v) is 5.57. The van der Waals surface area contributed by atoms with Gasteiger partial charge in [-0.15, -0.1) is 0 Å². The summed E-state index contributed by atoms with van der Waals surface area (Å²) in [6, 6.07) is 6.68. The molecule has 1 nitrogen and oxygen atoms in total. The van der Waals surface area contributed by atoms with Crippen molar-refractivity contribution in [2.75, 3.05) is 5.32 Å². The number of aryl methyl sites for hydroxylation is 1. The molecule has 0 fully saturated rings. The molecule has 0 heterocycles. The predicted molar refractivity (Wildman–Crippen MR) is 64.2 cm³/mol. The maximum atomic E-state index is 6.04. The van der Waals surface area contributed by atoms with E-state index in [1.54, 1.807) is 0 Å². The molecule has 0 aliphatic carbocycles. The minimum Gasteiger partial charge on any atom is -0.382 e. The summed E-state index contributed by atoms with van der Waals surface area (Å²) >= 11 is 6.04. The first-order valence-electron chi connectivity index (χ1n) is 5.20. The Bertz CT molecular complexity index is 292. The van der Waals surface area contributed by atoms with E-state index < -0.39 is 0 Å². The van der Waals surface area contributed by atoms with Crippen molar-refractivity contribution in [3.8, 4) is 0 Å². The van der Waals surface area contributed by atoms with Crippen LogP contribution in [0, 0.1) is 6.92 Å². The van der Waals surface area contributed by atoms with E-state index in [2.05, 4.69) is 25.2 Å². The Morgan fingerprint density at radius 2 is 1.93 bits per heavy atom. The van der Waals surface area contributed by atoms with Gasteiger partial charge in [0.15, 0.2) is 0 Å². The van der Waals surface area contributed by atoms with Crippen molar-refractivity contribution in [1.82, 2.24) is 0 Å². The SMILES string of the molecule is CCC(CC)Nc1ccc(C)c(Cl)c1.